The van der Waals surface area contributed by atoms with Crippen LogP contribution in [0.2, 0.25) is 0 Å². The molecule has 2 unspecified atom stereocenters. The molecule has 18 heavy (non-hydrogen) atoms. The van der Waals surface area contributed by atoms with Gasteiger partial charge in [0.15, 0.2) is 0 Å². The van der Waals surface area contributed by atoms with Gasteiger partial charge in [0, 0.05) is 11.6 Å². The van der Waals surface area contributed by atoms with Crippen LogP contribution < -0.4 is 10.1 Å². The van der Waals surface area contributed by atoms with E-state index in [0.717, 1.165) is 17.1 Å². The molecule has 1 aromatic carbocycles. The predicted octanol–water partition coefficient (Wildman–Crippen LogP) is 2.23. The van der Waals surface area contributed by atoms with E-state index < -0.39 is 0 Å². The van der Waals surface area contributed by atoms with Gasteiger partial charge in [0.2, 0.25) is 0 Å². The van der Waals surface area contributed by atoms with Gasteiger partial charge in [-0.1, -0.05) is 18.2 Å². The first-order valence-corrected chi connectivity index (χ1v) is 5.96. The number of benzene rings is 1. The molecule has 0 spiro atoms. The minimum atomic E-state index is 0.104. The highest BCUT2D eigenvalue weighted by Gasteiger charge is 2.15. The zero-order chi connectivity index (χ0) is 13.0. The lowest BCUT2D eigenvalue weighted by Crippen LogP contribution is -2.23. The molecule has 5 heteroatoms. The van der Waals surface area contributed by atoms with E-state index in [1.807, 2.05) is 25.1 Å². The normalized spacial score (nSPS) is 14.2. The number of hydrogen-bond donors (Lipinski definition) is 2. The predicted molar refractivity (Wildman–Crippen MR) is 69.3 cm³/mol. The molecule has 2 atom stereocenters. The molecule has 96 valence electrons. The summed E-state index contributed by atoms with van der Waals surface area (Å²) in [5.41, 5.74) is 1.13. The van der Waals surface area contributed by atoms with Crippen molar-refractivity contribution in [1.29, 1.82) is 0 Å². The lowest BCUT2D eigenvalue weighted by Gasteiger charge is -2.20. The fourth-order valence-electron chi connectivity index (χ4n) is 1.99. The van der Waals surface area contributed by atoms with Gasteiger partial charge in [-0.2, -0.15) is 5.10 Å². The van der Waals surface area contributed by atoms with Crippen LogP contribution in [0.15, 0.2) is 30.6 Å². The molecule has 0 radical (unpaired) electrons. The Bertz CT molecular complexity index is 483. The van der Waals surface area contributed by atoms with E-state index in [4.69, 9.17) is 4.74 Å². The molecule has 1 aromatic heterocycles. The first-order valence-electron chi connectivity index (χ1n) is 5.96. The third kappa shape index (κ3) is 2.68. The van der Waals surface area contributed by atoms with Gasteiger partial charge in [0.05, 0.1) is 13.2 Å². The van der Waals surface area contributed by atoms with Gasteiger partial charge in [-0.15, -0.1) is 0 Å². The van der Waals surface area contributed by atoms with Crippen molar-refractivity contribution in [2.75, 3.05) is 7.11 Å². The summed E-state index contributed by atoms with van der Waals surface area (Å²) in [6.45, 7) is 4.15. The van der Waals surface area contributed by atoms with Crippen LogP contribution in [0.25, 0.3) is 0 Å². The standard InChI is InChI=1S/C13H18N4O/c1-9(11-6-4-5-7-12(11)18-3)16-10(2)13-14-8-15-17-13/h4-10,16H,1-3H3,(H,14,15,17). The van der Waals surface area contributed by atoms with Crippen molar-refractivity contribution in [3.8, 4) is 5.75 Å². The smallest absolute Gasteiger partial charge is 0.141 e. The molecule has 5 nitrogen and oxygen atoms in total. The lowest BCUT2D eigenvalue weighted by atomic mass is 10.1. The van der Waals surface area contributed by atoms with Crippen LogP contribution in [-0.2, 0) is 0 Å². The number of ether oxygens (including phenoxy) is 1. The van der Waals surface area contributed by atoms with E-state index in [9.17, 15) is 0 Å². The maximum atomic E-state index is 5.36. The summed E-state index contributed by atoms with van der Waals surface area (Å²) in [4.78, 5) is 4.15. The second-order valence-corrected chi connectivity index (χ2v) is 4.22. The number of H-pyrrole nitrogens is 1. The number of para-hydroxylation sites is 1. The highest BCUT2D eigenvalue weighted by atomic mass is 16.5. The first kappa shape index (κ1) is 12.6. The summed E-state index contributed by atoms with van der Waals surface area (Å²) in [6, 6.07) is 8.27. The average Bonchev–Trinajstić information content (AvgIpc) is 2.92. The molecular weight excluding hydrogens is 228 g/mol. The van der Waals surface area contributed by atoms with Gasteiger partial charge in [0.1, 0.15) is 17.9 Å². The van der Waals surface area contributed by atoms with Gasteiger partial charge < -0.3 is 10.1 Å². The number of methoxy groups -OCH3 is 1. The highest BCUT2D eigenvalue weighted by Crippen LogP contribution is 2.25. The van der Waals surface area contributed by atoms with E-state index in [1.165, 1.54) is 6.33 Å². The van der Waals surface area contributed by atoms with E-state index in [-0.39, 0.29) is 12.1 Å². The van der Waals surface area contributed by atoms with Crippen molar-refractivity contribution in [1.82, 2.24) is 20.5 Å². The molecule has 0 aliphatic rings. The first-order chi connectivity index (χ1) is 8.72. The van der Waals surface area contributed by atoms with E-state index in [2.05, 4.69) is 33.5 Å². The van der Waals surface area contributed by atoms with Crippen LogP contribution in [0.1, 0.15) is 37.3 Å². The molecule has 2 N–H and O–H groups in total. The van der Waals surface area contributed by atoms with Crippen LogP contribution in [0.3, 0.4) is 0 Å². The number of aromatic nitrogens is 3. The number of nitrogens with zero attached hydrogens (tertiary/aromatic N) is 2. The second-order valence-electron chi connectivity index (χ2n) is 4.22. The molecule has 1 heterocycles. The summed E-state index contributed by atoms with van der Waals surface area (Å²) in [5.74, 6) is 1.72. The Labute approximate surface area is 107 Å². The van der Waals surface area contributed by atoms with Gasteiger partial charge in [-0.25, -0.2) is 4.98 Å². The third-order valence-electron chi connectivity index (χ3n) is 2.95. The maximum absolute atomic E-state index is 5.36. The van der Waals surface area contributed by atoms with Crippen molar-refractivity contribution >= 4 is 0 Å². The molecule has 0 fully saturated rings. The minimum absolute atomic E-state index is 0.104. The Kier molecular flexibility index (Phi) is 3.94. The SMILES string of the molecule is COc1ccccc1C(C)NC(C)c1ncn[nH]1. The Morgan fingerprint density at radius 2 is 2.00 bits per heavy atom. The van der Waals surface area contributed by atoms with Gasteiger partial charge in [-0.3, -0.25) is 5.10 Å². The van der Waals surface area contributed by atoms with Crippen molar-refractivity contribution in [3.05, 3.63) is 42.0 Å². The van der Waals surface area contributed by atoms with Crippen molar-refractivity contribution < 1.29 is 4.74 Å². The van der Waals surface area contributed by atoms with Crippen LogP contribution in [-0.4, -0.2) is 22.3 Å². The van der Waals surface area contributed by atoms with Crippen LogP contribution in [0.5, 0.6) is 5.75 Å². The molecule has 0 aliphatic heterocycles. The van der Waals surface area contributed by atoms with E-state index in [0.29, 0.717) is 0 Å². The van der Waals surface area contributed by atoms with Crippen molar-refractivity contribution in [2.45, 2.75) is 25.9 Å². The van der Waals surface area contributed by atoms with Crippen LogP contribution in [0.4, 0.5) is 0 Å². The molecule has 0 aliphatic carbocycles. The molecule has 0 amide bonds. The fourth-order valence-corrected chi connectivity index (χ4v) is 1.99. The van der Waals surface area contributed by atoms with E-state index in [1.54, 1.807) is 7.11 Å². The highest BCUT2D eigenvalue weighted by molar-refractivity contribution is 5.35. The summed E-state index contributed by atoms with van der Waals surface area (Å²) in [6.07, 6.45) is 1.52. The Morgan fingerprint density at radius 3 is 2.67 bits per heavy atom. The maximum Gasteiger partial charge on any atom is 0.141 e. The van der Waals surface area contributed by atoms with Gasteiger partial charge >= 0.3 is 0 Å². The minimum Gasteiger partial charge on any atom is -0.496 e. The second kappa shape index (κ2) is 5.64. The quantitative estimate of drug-likeness (QED) is 0.849. The lowest BCUT2D eigenvalue weighted by molar-refractivity contribution is 0.395. The Hall–Kier alpha value is -1.88. The zero-order valence-electron chi connectivity index (χ0n) is 10.8. The van der Waals surface area contributed by atoms with E-state index >= 15 is 0 Å². The molecule has 0 saturated carbocycles. The molecular formula is C13H18N4O. The number of rotatable bonds is 5. The molecule has 2 aromatic rings. The average molecular weight is 246 g/mol. The van der Waals surface area contributed by atoms with Crippen LogP contribution in [0, 0.1) is 0 Å². The Morgan fingerprint density at radius 1 is 1.22 bits per heavy atom. The summed E-state index contributed by atoms with van der Waals surface area (Å²) in [5, 5.41) is 10.2. The van der Waals surface area contributed by atoms with Crippen LogP contribution >= 0.6 is 0 Å². The largest absolute Gasteiger partial charge is 0.496 e. The summed E-state index contributed by atoms with van der Waals surface area (Å²) in [7, 11) is 1.69. The Balaban J connectivity index is 2.09. The zero-order valence-corrected chi connectivity index (χ0v) is 10.8. The third-order valence-corrected chi connectivity index (χ3v) is 2.95. The number of nitrogens with one attached hydrogen (secondary N) is 2. The monoisotopic (exact) mass is 246 g/mol. The number of hydrogen-bond acceptors (Lipinski definition) is 4. The van der Waals surface area contributed by atoms with Gasteiger partial charge in [0.25, 0.3) is 0 Å². The molecule has 0 saturated heterocycles. The van der Waals surface area contributed by atoms with Crippen molar-refractivity contribution in [3.63, 3.8) is 0 Å². The topological polar surface area (TPSA) is 62.8 Å². The molecule has 0 bridgehead atoms. The number of aromatic amines is 1. The molecule has 2 rings (SSSR count). The fraction of sp³-hybridized carbons (Fsp3) is 0.385. The van der Waals surface area contributed by atoms with Gasteiger partial charge in [-0.05, 0) is 19.9 Å². The summed E-state index contributed by atoms with van der Waals surface area (Å²) < 4.78 is 5.36. The summed E-state index contributed by atoms with van der Waals surface area (Å²) >= 11 is 0. The van der Waals surface area contributed by atoms with Crippen molar-refractivity contribution in [2.24, 2.45) is 0 Å².